The number of anilines is 1. The quantitative estimate of drug-likeness (QED) is 0.814. The van der Waals surface area contributed by atoms with Crippen LogP contribution in [0.1, 0.15) is 18.9 Å². The van der Waals surface area contributed by atoms with Gasteiger partial charge in [-0.15, -0.1) is 0 Å². The summed E-state index contributed by atoms with van der Waals surface area (Å²) in [5.74, 6) is 0.664. The lowest BCUT2D eigenvalue weighted by Crippen LogP contribution is -2.43. The fourth-order valence-corrected chi connectivity index (χ4v) is 2.50. The highest BCUT2D eigenvalue weighted by molar-refractivity contribution is 5.40. The number of ether oxygens (including phenoxy) is 1. The van der Waals surface area contributed by atoms with Gasteiger partial charge in [0.2, 0.25) is 0 Å². The van der Waals surface area contributed by atoms with Gasteiger partial charge in [-0.1, -0.05) is 19.1 Å². The lowest BCUT2D eigenvalue weighted by molar-refractivity contribution is -0.00744. The number of nitrogen functional groups attached to an aromatic ring is 1. The first-order chi connectivity index (χ1) is 8.19. The highest BCUT2D eigenvalue weighted by Crippen LogP contribution is 2.21. The minimum absolute atomic E-state index is 0.366. The van der Waals surface area contributed by atoms with Crippen molar-refractivity contribution in [1.82, 2.24) is 4.90 Å². The van der Waals surface area contributed by atoms with E-state index in [1.54, 1.807) is 0 Å². The normalized spacial score (nSPS) is 26.0. The molecule has 1 aromatic carbocycles. The van der Waals surface area contributed by atoms with E-state index < -0.39 is 0 Å². The molecule has 1 aliphatic rings. The zero-order chi connectivity index (χ0) is 12.3. The highest BCUT2D eigenvalue weighted by Gasteiger charge is 2.25. The molecule has 0 spiro atoms. The first-order valence-electron chi connectivity index (χ1n) is 6.28. The van der Waals surface area contributed by atoms with Crippen LogP contribution in [-0.4, -0.2) is 31.2 Å². The Kier molecular flexibility index (Phi) is 4.02. The van der Waals surface area contributed by atoms with Crippen molar-refractivity contribution in [1.29, 1.82) is 0 Å². The van der Waals surface area contributed by atoms with Crippen LogP contribution in [0.3, 0.4) is 0 Å². The topological polar surface area (TPSA) is 38.5 Å². The molecule has 3 heteroatoms. The van der Waals surface area contributed by atoms with Crippen molar-refractivity contribution in [3.8, 4) is 0 Å². The smallest absolute Gasteiger partial charge is 0.0724 e. The maximum absolute atomic E-state index is 5.80. The molecule has 1 fully saturated rings. The Morgan fingerprint density at radius 2 is 2.29 bits per heavy atom. The minimum Gasteiger partial charge on any atom is -0.399 e. The second-order valence-corrected chi connectivity index (χ2v) is 5.02. The number of likely N-dealkylation sites (tertiary alicyclic amines) is 1. The SMILES string of the molecule is COC1CN(Cc2cccc(N)c2)CCC1C. The van der Waals surface area contributed by atoms with Crippen LogP contribution in [0.5, 0.6) is 0 Å². The largest absolute Gasteiger partial charge is 0.399 e. The molecule has 2 rings (SSSR count). The maximum Gasteiger partial charge on any atom is 0.0724 e. The summed E-state index contributed by atoms with van der Waals surface area (Å²) in [7, 11) is 1.81. The molecule has 0 aliphatic carbocycles. The molecular formula is C14H22N2O. The van der Waals surface area contributed by atoms with Crippen molar-refractivity contribution in [2.75, 3.05) is 25.9 Å². The van der Waals surface area contributed by atoms with Gasteiger partial charge in [0.25, 0.3) is 0 Å². The van der Waals surface area contributed by atoms with Crippen LogP contribution in [0.4, 0.5) is 5.69 Å². The van der Waals surface area contributed by atoms with Crippen molar-refractivity contribution in [2.45, 2.75) is 26.0 Å². The summed E-state index contributed by atoms with van der Waals surface area (Å²) in [6, 6.07) is 8.14. The Labute approximate surface area is 104 Å². The average molecular weight is 234 g/mol. The molecule has 94 valence electrons. The summed E-state index contributed by atoms with van der Waals surface area (Å²) >= 11 is 0. The molecule has 1 aromatic rings. The van der Waals surface area contributed by atoms with Crippen LogP contribution in [0, 0.1) is 5.92 Å². The summed E-state index contributed by atoms with van der Waals surface area (Å²) in [6.45, 7) is 5.41. The number of hydrogen-bond donors (Lipinski definition) is 1. The van der Waals surface area contributed by atoms with Crippen molar-refractivity contribution in [3.05, 3.63) is 29.8 Å². The second kappa shape index (κ2) is 5.52. The number of hydrogen-bond acceptors (Lipinski definition) is 3. The summed E-state index contributed by atoms with van der Waals surface area (Å²) in [5, 5.41) is 0. The number of piperidine rings is 1. The van der Waals surface area contributed by atoms with Crippen molar-refractivity contribution >= 4 is 5.69 Å². The summed E-state index contributed by atoms with van der Waals surface area (Å²) in [6.07, 6.45) is 1.57. The highest BCUT2D eigenvalue weighted by atomic mass is 16.5. The molecule has 0 aromatic heterocycles. The fraction of sp³-hybridized carbons (Fsp3) is 0.571. The molecule has 1 saturated heterocycles. The van der Waals surface area contributed by atoms with Crippen LogP contribution in [-0.2, 0) is 11.3 Å². The molecule has 2 N–H and O–H groups in total. The Hall–Kier alpha value is -1.06. The van der Waals surface area contributed by atoms with E-state index in [2.05, 4.69) is 24.0 Å². The molecule has 1 heterocycles. The third-order valence-corrected chi connectivity index (χ3v) is 3.63. The van der Waals surface area contributed by atoms with Gasteiger partial charge in [0.15, 0.2) is 0 Å². The lowest BCUT2D eigenvalue weighted by atomic mass is 9.95. The van der Waals surface area contributed by atoms with E-state index in [9.17, 15) is 0 Å². The first kappa shape index (κ1) is 12.4. The van der Waals surface area contributed by atoms with Crippen LogP contribution in [0.2, 0.25) is 0 Å². The average Bonchev–Trinajstić information content (AvgIpc) is 2.32. The van der Waals surface area contributed by atoms with Gasteiger partial charge in [-0.2, -0.15) is 0 Å². The Balaban J connectivity index is 1.95. The lowest BCUT2D eigenvalue weighted by Gasteiger charge is -2.36. The van der Waals surface area contributed by atoms with Crippen LogP contribution >= 0.6 is 0 Å². The molecule has 0 bridgehead atoms. The predicted molar refractivity (Wildman–Crippen MR) is 70.7 cm³/mol. The molecule has 0 radical (unpaired) electrons. The van der Waals surface area contributed by atoms with Gasteiger partial charge in [0.1, 0.15) is 0 Å². The monoisotopic (exact) mass is 234 g/mol. The van der Waals surface area contributed by atoms with Crippen LogP contribution < -0.4 is 5.73 Å². The molecule has 3 nitrogen and oxygen atoms in total. The summed E-state index contributed by atoms with van der Waals surface area (Å²) in [5.41, 5.74) is 7.93. The zero-order valence-corrected chi connectivity index (χ0v) is 10.7. The number of nitrogens with two attached hydrogens (primary N) is 1. The minimum atomic E-state index is 0.366. The van der Waals surface area contributed by atoms with Crippen molar-refractivity contribution in [3.63, 3.8) is 0 Å². The van der Waals surface area contributed by atoms with Crippen LogP contribution in [0.15, 0.2) is 24.3 Å². The number of methoxy groups -OCH3 is 1. The van der Waals surface area contributed by atoms with E-state index >= 15 is 0 Å². The standard InChI is InChI=1S/C14H22N2O/c1-11-6-7-16(10-14(11)17-2)9-12-4-3-5-13(15)8-12/h3-5,8,11,14H,6-7,9-10,15H2,1-2H3. The molecule has 17 heavy (non-hydrogen) atoms. The van der Waals surface area contributed by atoms with E-state index in [-0.39, 0.29) is 0 Å². The van der Waals surface area contributed by atoms with E-state index in [1.807, 2.05) is 19.2 Å². The zero-order valence-electron chi connectivity index (χ0n) is 10.7. The summed E-state index contributed by atoms with van der Waals surface area (Å²) < 4.78 is 5.53. The van der Waals surface area contributed by atoms with E-state index in [0.29, 0.717) is 12.0 Å². The molecule has 1 aliphatic heterocycles. The Morgan fingerprint density at radius 1 is 1.47 bits per heavy atom. The molecule has 2 atom stereocenters. The Morgan fingerprint density at radius 3 is 3.00 bits per heavy atom. The van der Waals surface area contributed by atoms with Gasteiger partial charge < -0.3 is 10.5 Å². The van der Waals surface area contributed by atoms with Gasteiger partial charge in [0.05, 0.1) is 6.10 Å². The fourth-order valence-electron chi connectivity index (χ4n) is 2.50. The number of benzene rings is 1. The predicted octanol–water partition coefficient (Wildman–Crippen LogP) is 2.13. The Bertz CT molecular complexity index is 367. The van der Waals surface area contributed by atoms with Gasteiger partial charge in [-0.05, 0) is 36.6 Å². The van der Waals surface area contributed by atoms with E-state index in [1.165, 1.54) is 12.0 Å². The molecule has 0 saturated carbocycles. The maximum atomic E-state index is 5.80. The first-order valence-corrected chi connectivity index (χ1v) is 6.28. The third kappa shape index (κ3) is 3.20. The van der Waals surface area contributed by atoms with Gasteiger partial charge in [-0.25, -0.2) is 0 Å². The second-order valence-electron chi connectivity index (χ2n) is 5.02. The molecule has 2 unspecified atom stereocenters. The molecular weight excluding hydrogens is 212 g/mol. The van der Waals surface area contributed by atoms with Gasteiger partial charge >= 0.3 is 0 Å². The van der Waals surface area contributed by atoms with Gasteiger partial charge in [0, 0.05) is 25.9 Å². The summed E-state index contributed by atoms with van der Waals surface area (Å²) in [4.78, 5) is 2.45. The van der Waals surface area contributed by atoms with Crippen molar-refractivity contribution in [2.24, 2.45) is 5.92 Å². The van der Waals surface area contributed by atoms with Crippen molar-refractivity contribution < 1.29 is 4.74 Å². The number of nitrogens with zero attached hydrogens (tertiary/aromatic N) is 1. The van der Waals surface area contributed by atoms with Gasteiger partial charge in [-0.3, -0.25) is 4.90 Å². The number of rotatable bonds is 3. The van der Waals surface area contributed by atoms with E-state index in [0.717, 1.165) is 25.3 Å². The van der Waals surface area contributed by atoms with Crippen LogP contribution in [0.25, 0.3) is 0 Å². The third-order valence-electron chi connectivity index (χ3n) is 3.63. The molecule has 0 amide bonds. The van der Waals surface area contributed by atoms with E-state index in [4.69, 9.17) is 10.5 Å².